The Kier molecular flexibility index (Phi) is 3.60. The first kappa shape index (κ1) is 12.9. The zero-order valence-corrected chi connectivity index (χ0v) is 11.0. The van der Waals surface area contributed by atoms with Crippen LogP contribution < -0.4 is 4.74 Å². The van der Waals surface area contributed by atoms with Crippen molar-refractivity contribution in [2.45, 2.75) is 33.1 Å². The van der Waals surface area contributed by atoms with E-state index in [0.29, 0.717) is 6.42 Å². The highest BCUT2D eigenvalue weighted by atomic mass is 16.5. The number of carboxylic acid groups (broad SMARTS) is 1. The monoisotopic (exact) mass is 248 g/mol. The lowest BCUT2D eigenvalue weighted by atomic mass is 9.86. The van der Waals surface area contributed by atoms with Crippen molar-refractivity contribution in [3.8, 4) is 5.75 Å². The molecule has 1 aliphatic rings. The topological polar surface area (TPSA) is 46.5 Å². The van der Waals surface area contributed by atoms with E-state index in [9.17, 15) is 4.79 Å². The molecule has 0 aliphatic heterocycles. The van der Waals surface area contributed by atoms with Gasteiger partial charge in [-0.3, -0.25) is 4.79 Å². The molecular formula is C15H20O3. The fraction of sp³-hybridized carbons (Fsp3) is 0.533. The van der Waals surface area contributed by atoms with Crippen LogP contribution in [-0.2, 0) is 11.2 Å². The molecule has 0 aromatic heterocycles. The van der Waals surface area contributed by atoms with E-state index in [0.717, 1.165) is 23.8 Å². The minimum Gasteiger partial charge on any atom is -0.493 e. The van der Waals surface area contributed by atoms with Gasteiger partial charge in [0.25, 0.3) is 0 Å². The molecule has 1 aromatic rings. The van der Waals surface area contributed by atoms with Gasteiger partial charge in [-0.15, -0.1) is 0 Å². The molecule has 1 N–H and O–H groups in total. The van der Waals surface area contributed by atoms with Crippen molar-refractivity contribution in [1.82, 2.24) is 0 Å². The summed E-state index contributed by atoms with van der Waals surface area (Å²) in [5.74, 6) is 0.853. The summed E-state index contributed by atoms with van der Waals surface area (Å²) in [5, 5.41) is 9.08. The second kappa shape index (κ2) is 5.01. The summed E-state index contributed by atoms with van der Waals surface area (Å²) in [6.45, 7) is 4.29. The number of aliphatic carboxylic acids is 1. The van der Waals surface area contributed by atoms with Gasteiger partial charge < -0.3 is 9.84 Å². The SMILES string of the molecule is CC(C)(Cc1ccc(OCC2CC2)cc1)C(=O)O. The highest BCUT2D eigenvalue weighted by molar-refractivity contribution is 5.74. The molecule has 0 amide bonds. The van der Waals surface area contributed by atoms with Crippen LogP contribution in [0.2, 0.25) is 0 Å². The molecule has 1 aliphatic carbocycles. The lowest BCUT2D eigenvalue weighted by Gasteiger charge is -2.19. The predicted octanol–water partition coefficient (Wildman–Crippen LogP) is 3.13. The Morgan fingerprint density at radius 2 is 1.94 bits per heavy atom. The Bertz CT molecular complexity index is 416. The quantitative estimate of drug-likeness (QED) is 0.841. The van der Waals surface area contributed by atoms with Crippen molar-refractivity contribution in [1.29, 1.82) is 0 Å². The number of hydrogen-bond acceptors (Lipinski definition) is 2. The summed E-state index contributed by atoms with van der Waals surface area (Å²) in [4.78, 5) is 11.1. The van der Waals surface area contributed by atoms with E-state index in [-0.39, 0.29) is 0 Å². The van der Waals surface area contributed by atoms with E-state index in [1.807, 2.05) is 24.3 Å². The fourth-order valence-electron chi connectivity index (χ4n) is 1.79. The predicted molar refractivity (Wildman–Crippen MR) is 69.8 cm³/mol. The second-order valence-electron chi connectivity index (χ2n) is 5.76. The van der Waals surface area contributed by atoms with Gasteiger partial charge in [0.15, 0.2) is 0 Å². The third-order valence-electron chi connectivity index (χ3n) is 3.33. The average Bonchev–Trinajstić information content (AvgIpc) is 3.11. The molecule has 0 heterocycles. The standard InChI is InChI=1S/C15H20O3/c1-15(2,14(16)17)9-11-5-7-13(8-6-11)18-10-12-3-4-12/h5-8,12H,3-4,9-10H2,1-2H3,(H,16,17). The summed E-state index contributed by atoms with van der Waals surface area (Å²) in [7, 11) is 0. The van der Waals surface area contributed by atoms with E-state index in [1.165, 1.54) is 12.8 Å². The number of hydrogen-bond donors (Lipinski definition) is 1. The molecule has 0 saturated heterocycles. The third-order valence-corrected chi connectivity index (χ3v) is 3.33. The molecule has 3 nitrogen and oxygen atoms in total. The summed E-state index contributed by atoms with van der Waals surface area (Å²) in [5.41, 5.74) is 0.303. The minimum atomic E-state index is -0.767. The maximum atomic E-state index is 11.1. The molecule has 1 fully saturated rings. The summed E-state index contributed by atoms with van der Waals surface area (Å²) < 4.78 is 5.65. The maximum absolute atomic E-state index is 11.1. The van der Waals surface area contributed by atoms with Crippen molar-refractivity contribution in [3.05, 3.63) is 29.8 Å². The molecule has 0 unspecified atom stereocenters. The zero-order chi connectivity index (χ0) is 13.2. The van der Waals surface area contributed by atoms with E-state index in [2.05, 4.69) is 0 Å². The number of carboxylic acids is 1. The number of rotatable bonds is 6. The molecule has 18 heavy (non-hydrogen) atoms. The first-order valence-electron chi connectivity index (χ1n) is 6.42. The van der Waals surface area contributed by atoms with E-state index < -0.39 is 11.4 Å². The smallest absolute Gasteiger partial charge is 0.309 e. The Morgan fingerprint density at radius 3 is 2.44 bits per heavy atom. The van der Waals surface area contributed by atoms with Crippen molar-refractivity contribution >= 4 is 5.97 Å². The van der Waals surface area contributed by atoms with Gasteiger partial charge in [-0.25, -0.2) is 0 Å². The van der Waals surface area contributed by atoms with Crippen LogP contribution in [0, 0.1) is 11.3 Å². The molecule has 1 aromatic carbocycles. The van der Waals surface area contributed by atoms with Gasteiger partial charge in [0.1, 0.15) is 5.75 Å². The lowest BCUT2D eigenvalue weighted by molar-refractivity contribution is -0.146. The van der Waals surface area contributed by atoms with Crippen LogP contribution in [0.4, 0.5) is 0 Å². The Balaban J connectivity index is 1.92. The zero-order valence-electron chi connectivity index (χ0n) is 11.0. The normalized spacial score (nSPS) is 15.4. The maximum Gasteiger partial charge on any atom is 0.309 e. The van der Waals surface area contributed by atoms with Gasteiger partial charge in [0.05, 0.1) is 12.0 Å². The van der Waals surface area contributed by atoms with Gasteiger partial charge in [0.2, 0.25) is 0 Å². The van der Waals surface area contributed by atoms with Crippen LogP contribution in [0.3, 0.4) is 0 Å². The van der Waals surface area contributed by atoms with Crippen LogP contribution in [-0.4, -0.2) is 17.7 Å². The van der Waals surface area contributed by atoms with Crippen LogP contribution in [0.25, 0.3) is 0 Å². The molecule has 0 atom stereocenters. The van der Waals surface area contributed by atoms with Crippen molar-refractivity contribution < 1.29 is 14.6 Å². The van der Waals surface area contributed by atoms with E-state index >= 15 is 0 Å². The van der Waals surface area contributed by atoms with Gasteiger partial charge in [-0.1, -0.05) is 12.1 Å². The van der Waals surface area contributed by atoms with Crippen molar-refractivity contribution in [2.24, 2.45) is 11.3 Å². The average molecular weight is 248 g/mol. The van der Waals surface area contributed by atoms with Gasteiger partial charge in [-0.2, -0.15) is 0 Å². The van der Waals surface area contributed by atoms with E-state index in [4.69, 9.17) is 9.84 Å². The second-order valence-corrected chi connectivity index (χ2v) is 5.76. The number of benzene rings is 1. The number of ether oxygens (including phenoxy) is 1. The van der Waals surface area contributed by atoms with Gasteiger partial charge in [-0.05, 0) is 56.7 Å². The highest BCUT2D eigenvalue weighted by Crippen LogP contribution is 2.30. The van der Waals surface area contributed by atoms with Crippen molar-refractivity contribution in [3.63, 3.8) is 0 Å². The summed E-state index contributed by atoms with van der Waals surface area (Å²) in [6.07, 6.45) is 3.10. The Hall–Kier alpha value is -1.51. The van der Waals surface area contributed by atoms with E-state index in [1.54, 1.807) is 13.8 Å². The van der Waals surface area contributed by atoms with Crippen molar-refractivity contribution in [2.75, 3.05) is 6.61 Å². The van der Waals surface area contributed by atoms with Crippen LogP contribution >= 0.6 is 0 Å². The molecule has 3 heteroatoms. The summed E-state index contributed by atoms with van der Waals surface area (Å²) >= 11 is 0. The van der Waals surface area contributed by atoms with Crippen LogP contribution in [0.5, 0.6) is 5.75 Å². The minimum absolute atomic E-state index is 0.533. The first-order valence-corrected chi connectivity index (χ1v) is 6.42. The van der Waals surface area contributed by atoms with Gasteiger partial charge in [0, 0.05) is 0 Å². The first-order chi connectivity index (χ1) is 8.47. The molecule has 1 saturated carbocycles. The largest absolute Gasteiger partial charge is 0.493 e. The molecule has 98 valence electrons. The summed E-state index contributed by atoms with van der Waals surface area (Å²) in [6, 6.07) is 7.76. The van der Waals surface area contributed by atoms with Crippen LogP contribution in [0.15, 0.2) is 24.3 Å². The van der Waals surface area contributed by atoms with Gasteiger partial charge >= 0.3 is 5.97 Å². The molecule has 0 radical (unpaired) electrons. The molecule has 2 rings (SSSR count). The third kappa shape index (κ3) is 3.49. The molecule has 0 bridgehead atoms. The Morgan fingerprint density at radius 1 is 1.33 bits per heavy atom. The number of carbonyl (C=O) groups is 1. The van der Waals surface area contributed by atoms with Crippen LogP contribution in [0.1, 0.15) is 32.3 Å². The molecular weight excluding hydrogens is 228 g/mol. The fourth-order valence-corrected chi connectivity index (χ4v) is 1.79. The Labute approximate surface area is 108 Å². The molecule has 0 spiro atoms. The lowest BCUT2D eigenvalue weighted by Crippen LogP contribution is -2.26. The highest BCUT2D eigenvalue weighted by Gasteiger charge is 2.27.